The van der Waals surface area contributed by atoms with Crippen LogP contribution in [0.25, 0.3) is 0 Å². The minimum absolute atomic E-state index is 0.154. The Hall–Kier alpha value is -1.27. The van der Waals surface area contributed by atoms with E-state index in [2.05, 4.69) is 4.74 Å². The molecule has 0 amide bonds. The summed E-state index contributed by atoms with van der Waals surface area (Å²) >= 11 is 0. The second kappa shape index (κ2) is 8.02. The van der Waals surface area contributed by atoms with Crippen molar-refractivity contribution in [3.63, 3.8) is 0 Å². The predicted molar refractivity (Wildman–Crippen MR) is 79.7 cm³/mol. The van der Waals surface area contributed by atoms with E-state index in [9.17, 15) is 22.8 Å². The van der Waals surface area contributed by atoms with Gasteiger partial charge in [-0.1, -0.05) is 6.92 Å². The van der Waals surface area contributed by atoms with Gasteiger partial charge in [-0.25, -0.2) is 0 Å². The number of alkyl halides is 3. The topological polar surface area (TPSA) is 52.6 Å². The van der Waals surface area contributed by atoms with E-state index in [1.807, 2.05) is 6.92 Å². The fourth-order valence-electron chi connectivity index (χ4n) is 1.57. The number of halogens is 3. The Morgan fingerprint density at radius 3 is 2.04 bits per heavy atom. The summed E-state index contributed by atoms with van der Waals surface area (Å²) in [4.78, 5) is 23.4. The van der Waals surface area contributed by atoms with Crippen molar-refractivity contribution < 1.29 is 32.2 Å². The van der Waals surface area contributed by atoms with Gasteiger partial charge in [0.2, 0.25) is 0 Å². The minimum Gasteiger partial charge on any atom is -0.459 e. The Morgan fingerprint density at radius 2 is 1.61 bits per heavy atom. The second-order valence-corrected chi connectivity index (χ2v) is 6.91. The normalized spacial score (nSPS) is 14.3. The third-order valence-corrected chi connectivity index (χ3v) is 3.73. The number of rotatable bonds is 8. The first-order valence-electron chi connectivity index (χ1n) is 7.71. The van der Waals surface area contributed by atoms with Crippen LogP contribution in [0.15, 0.2) is 0 Å². The third kappa shape index (κ3) is 8.23. The molecule has 0 rings (SSSR count). The smallest absolute Gasteiger partial charge is 0.425 e. The summed E-state index contributed by atoms with van der Waals surface area (Å²) in [6.45, 7) is 9.64. The highest BCUT2D eigenvalue weighted by molar-refractivity contribution is 5.76. The van der Waals surface area contributed by atoms with Gasteiger partial charge in [-0.2, -0.15) is 13.2 Å². The Labute approximate surface area is 135 Å². The molecule has 0 saturated heterocycles. The molecule has 0 spiro atoms. The van der Waals surface area contributed by atoms with Crippen LogP contribution in [0, 0.1) is 5.41 Å². The van der Waals surface area contributed by atoms with Gasteiger partial charge < -0.3 is 9.47 Å². The summed E-state index contributed by atoms with van der Waals surface area (Å²) in [6.07, 6.45) is -5.58. The van der Waals surface area contributed by atoms with Gasteiger partial charge in [0.1, 0.15) is 5.60 Å². The molecule has 23 heavy (non-hydrogen) atoms. The molecule has 0 aliphatic carbocycles. The van der Waals surface area contributed by atoms with E-state index in [-0.39, 0.29) is 18.8 Å². The van der Waals surface area contributed by atoms with Crippen LogP contribution in [-0.4, -0.2) is 29.8 Å². The van der Waals surface area contributed by atoms with Crippen LogP contribution >= 0.6 is 0 Å². The number of hydrogen-bond acceptors (Lipinski definition) is 4. The lowest BCUT2D eigenvalue weighted by atomic mass is 9.90. The van der Waals surface area contributed by atoms with Crippen molar-refractivity contribution in [2.24, 2.45) is 5.41 Å². The van der Waals surface area contributed by atoms with E-state index < -0.39 is 29.3 Å². The van der Waals surface area contributed by atoms with E-state index in [0.29, 0.717) is 12.8 Å². The zero-order valence-corrected chi connectivity index (χ0v) is 14.7. The van der Waals surface area contributed by atoms with E-state index in [1.54, 1.807) is 27.7 Å². The number of hydrogen-bond donors (Lipinski definition) is 0. The Balaban J connectivity index is 4.30. The fraction of sp³-hybridized carbons (Fsp3) is 0.875. The lowest BCUT2D eigenvalue weighted by Gasteiger charge is -2.30. The zero-order valence-electron chi connectivity index (χ0n) is 14.7. The molecule has 0 heterocycles. The lowest BCUT2D eigenvalue weighted by Crippen LogP contribution is -2.35. The van der Waals surface area contributed by atoms with Crippen molar-refractivity contribution in [2.75, 3.05) is 0 Å². The van der Waals surface area contributed by atoms with Gasteiger partial charge >= 0.3 is 18.1 Å². The highest BCUT2D eigenvalue weighted by atomic mass is 19.4. The molecule has 7 heteroatoms. The van der Waals surface area contributed by atoms with Crippen LogP contribution in [-0.2, 0) is 19.1 Å². The van der Waals surface area contributed by atoms with Crippen LogP contribution in [0.1, 0.15) is 67.2 Å². The molecule has 0 saturated carbocycles. The molecule has 0 N–H and O–H groups in total. The number of esters is 2. The van der Waals surface area contributed by atoms with Crippen molar-refractivity contribution >= 4 is 11.9 Å². The largest absolute Gasteiger partial charge is 0.459 e. The monoisotopic (exact) mass is 340 g/mol. The maximum absolute atomic E-state index is 12.3. The van der Waals surface area contributed by atoms with E-state index in [0.717, 1.165) is 6.92 Å². The van der Waals surface area contributed by atoms with E-state index in [4.69, 9.17) is 4.74 Å². The molecule has 4 nitrogen and oxygen atoms in total. The molecule has 0 fully saturated rings. The molecule has 136 valence electrons. The second-order valence-electron chi connectivity index (χ2n) is 6.91. The maximum atomic E-state index is 12.3. The average Bonchev–Trinajstić information content (AvgIpc) is 2.36. The van der Waals surface area contributed by atoms with Gasteiger partial charge in [-0.05, 0) is 53.9 Å². The lowest BCUT2D eigenvalue weighted by molar-refractivity contribution is -0.216. The molecule has 0 aromatic rings. The summed E-state index contributed by atoms with van der Waals surface area (Å²) in [5.74, 6) is -1.25. The SMILES string of the molecule is CCC(C)(C)C(=O)OC(C)(C)CCCC(=O)OC(C)C(F)(F)F. The van der Waals surface area contributed by atoms with E-state index in [1.165, 1.54) is 0 Å². The van der Waals surface area contributed by atoms with Gasteiger partial charge in [0.05, 0.1) is 5.41 Å². The molecule has 1 unspecified atom stereocenters. The number of ether oxygens (including phenoxy) is 2. The van der Waals surface area contributed by atoms with Crippen molar-refractivity contribution in [1.82, 2.24) is 0 Å². The summed E-state index contributed by atoms with van der Waals surface area (Å²) < 4.78 is 46.6. The summed E-state index contributed by atoms with van der Waals surface area (Å²) in [6, 6.07) is 0. The molecule has 0 aliphatic heterocycles. The number of carbonyl (C=O) groups is 2. The highest BCUT2D eigenvalue weighted by Crippen LogP contribution is 2.27. The standard InChI is InChI=1S/C16H27F3O4/c1-7-14(3,4)13(21)23-15(5,6)10-8-9-12(20)22-11(2)16(17,18)19/h11H,7-10H2,1-6H3. The quantitative estimate of drug-likeness (QED) is 0.614. The van der Waals surface area contributed by atoms with Gasteiger partial charge in [0.25, 0.3) is 0 Å². The molecule has 0 radical (unpaired) electrons. The highest BCUT2D eigenvalue weighted by Gasteiger charge is 2.39. The molecule has 0 aromatic heterocycles. The molecule has 0 bridgehead atoms. The summed E-state index contributed by atoms with van der Waals surface area (Å²) in [5, 5.41) is 0. The van der Waals surface area contributed by atoms with Gasteiger partial charge in [0, 0.05) is 6.42 Å². The summed E-state index contributed by atoms with van der Waals surface area (Å²) in [5.41, 5.74) is -1.39. The van der Waals surface area contributed by atoms with Crippen molar-refractivity contribution in [2.45, 2.75) is 85.1 Å². The Bertz CT molecular complexity index is 414. The first-order chi connectivity index (χ1) is 10.2. The Morgan fingerprint density at radius 1 is 1.09 bits per heavy atom. The first-order valence-corrected chi connectivity index (χ1v) is 7.71. The maximum Gasteiger partial charge on any atom is 0.425 e. The van der Waals surface area contributed by atoms with Crippen LogP contribution in [0.4, 0.5) is 13.2 Å². The minimum atomic E-state index is -4.56. The van der Waals surface area contributed by atoms with Gasteiger partial charge in [-0.3, -0.25) is 9.59 Å². The van der Waals surface area contributed by atoms with Gasteiger partial charge in [-0.15, -0.1) is 0 Å². The van der Waals surface area contributed by atoms with Crippen LogP contribution < -0.4 is 0 Å². The number of carbonyl (C=O) groups excluding carboxylic acids is 2. The van der Waals surface area contributed by atoms with Crippen LogP contribution in [0.2, 0.25) is 0 Å². The molecule has 1 atom stereocenters. The Kier molecular flexibility index (Phi) is 7.57. The summed E-state index contributed by atoms with van der Waals surface area (Å²) in [7, 11) is 0. The van der Waals surface area contributed by atoms with Crippen molar-refractivity contribution in [1.29, 1.82) is 0 Å². The van der Waals surface area contributed by atoms with Gasteiger partial charge in [0.15, 0.2) is 6.10 Å². The van der Waals surface area contributed by atoms with Crippen molar-refractivity contribution in [3.05, 3.63) is 0 Å². The third-order valence-electron chi connectivity index (χ3n) is 3.73. The fourth-order valence-corrected chi connectivity index (χ4v) is 1.57. The van der Waals surface area contributed by atoms with Crippen LogP contribution in [0.3, 0.4) is 0 Å². The molecular weight excluding hydrogens is 313 g/mol. The van der Waals surface area contributed by atoms with Crippen LogP contribution in [0.5, 0.6) is 0 Å². The zero-order chi connectivity index (χ0) is 18.5. The molecule has 0 aromatic carbocycles. The predicted octanol–water partition coefficient (Wildman–Crippen LogP) is 4.41. The van der Waals surface area contributed by atoms with Crippen molar-refractivity contribution in [3.8, 4) is 0 Å². The first kappa shape index (κ1) is 21.7. The van der Waals surface area contributed by atoms with E-state index >= 15 is 0 Å². The molecular formula is C16H27F3O4. The average molecular weight is 340 g/mol. The molecule has 0 aliphatic rings.